The number of aryl methyl sites for hydroxylation is 1. The van der Waals surface area contributed by atoms with Crippen molar-refractivity contribution in [3.8, 4) is 0 Å². The summed E-state index contributed by atoms with van der Waals surface area (Å²) in [7, 11) is 0. The summed E-state index contributed by atoms with van der Waals surface area (Å²) in [5.41, 5.74) is 9.71. The first-order valence-electron chi connectivity index (χ1n) is 7.28. The van der Waals surface area contributed by atoms with Crippen molar-refractivity contribution in [2.24, 2.45) is 11.7 Å². The van der Waals surface area contributed by atoms with Crippen molar-refractivity contribution in [3.63, 3.8) is 0 Å². The first-order valence-corrected chi connectivity index (χ1v) is 7.28. The van der Waals surface area contributed by atoms with E-state index in [9.17, 15) is 0 Å². The predicted octanol–water partition coefficient (Wildman–Crippen LogP) is 3.25. The molecule has 1 aliphatic rings. The second-order valence-electron chi connectivity index (χ2n) is 5.82. The molecule has 0 aliphatic carbocycles. The monoisotopic (exact) mass is 270 g/mol. The summed E-state index contributed by atoms with van der Waals surface area (Å²) in [6, 6.07) is 10.8. The average molecular weight is 270 g/mol. The number of benzene rings is 1. The molecule has 0 radical (unpaired) electrons. The van der Waals surface area contributed by atoms with Crippen LogP contribution in [0.2, 0.25) is 0 Å². The van der Waals surface area contributed by atoms with Gasteiger partial charge in [0.2, 0.25) is 0 Å². The molecule has 3 nitrogen and oxygen atoms in total. The Labute approximate surface area is 120 Å². The Morgan fingerprint density at radius 3 is 2.90 bits per heavy atom. The predicted molar refractivity (Wildman–Crippen MR) is 81.7 cm³/mol. The number of nitrogens with zero attached hydrogens (tertiary/aromatic N) is 1. The first-order chi connectivity index (χ1) is 9.67. The molecule has 2 aromatic rings. The second kappa shape index (κ2) is 5.33. The van der Waals surface area contributed by atoms with Crippen LogP contribution in [0, 0.1) is 12.8 Å². The molecule has 0 fully saturated rings. The van der Waals surface area contributed by atoms with Crippen molar-refractivity contribution in [2.75, 3.05) is 11.4 Å². The lowest BCUT2D eigenvalue weighted by molar-refractivity contribution is 0.480. The molecule has 1 unspecified atom stereocenters. The van der Waals surface area contributed by atoms with Gasteiger partial charge in [-0.2, -0.15) is 0 Å². The summed E-state index contributed by atoms with van der Waals surface area (Å²) < 4.78 is 5.67. The number of rotatable bonds is 3. The quantitative estimate of drug-likeness (QED) is 0.931. The van der Waals surface area contributed by atoms with Crippen molar-refractivity contribution >= 4 is 5.69 Å². The Bertz CT molecular complexity index is 603. The van der Waals surface area contributed by atoms with Crippen molar-refractivity contribution in [3.05, 3.63) is 53.0 Å². The molecule has 0 saturated carbocycles. The lowest BCUT2D eigenvalue weighted by atomic mass is 9.93. The van der Waals surface area contributed by atoms with E-state index in [0.717, 1.165) is 24.6 Å². The van der Waals surface area contributed by atoms with E-state index in [1.54, 1.807) is 0 Å². The third-order valence-electron chi connectivity index (χ3n) is 4.07. The van der Waals surface area contributed by atoms with E-state index < -0.39 is 0 Å². The minimum atomic E-state index is 0.466. The van der Waals surface area contributed by atoms with Crippen molar-refractivity contribution in [2.45, 2.75) is 33.4 Å². The molecule has 1 atom stereocenters. The highest BCUT2D eigenvalue weighted by molar-refractivity contribution is 5.56. The Balaban J connectivity index is 1.88. The van der Waals surface area contributed by atoms with Gasteiger partial charge in [-0.15, -0.1) is 0 Å². The zero-order valence-corrected chi connectivity index (χ0v) is 12.2. The molecule has 1 aromatic heterocycles. The van der Waals surface area contributed by atoms with E-state index in [1.165, 1.54) is 23.2 Å². The van der Waals surface area contributed by atoms with Gasteiger partial charge in [0.1, 0.15) is 11.5 Å². The van der Waals surface area contributed by atoms with Gasteiger partial charge in [-0.3, -0.25) is 0 Å². The molecule has 3 heteroatoms. The molecule has 0 spiro atoms. The fourth-order valence-electron chi connectivity index (χ4n) is 3.11. The number of fused-ring (bicyclic) bond motifs is 1. The molecule has 20 heavy (non-hydrogen) atoms. The zero-order valence-electron chi connectivity index (χ0n) is 12.2. The Morgan fingerprint density at radius 1 is 1.35 bits per heavy atom. The minimum Gasteiger partial charge on any atom is -0.465 e. The Kier molecular flexibility index (Phi) is 3.53. The highest BCUT2D eigenvalue weighted by atomic mass is 16.3. The topological polar surface area (TPSA) is 42.4 Å². The Hall–Kier alpha value is -1.74. The summed E-state index contributed by atoms with van der Waals surface area (Å²) in [5.74, 6) is 2.54. The van der Waals surface area contributed by atoms with Crippen LogP contribution >= 0.6 is 0 Å². The van der Waals surface area contributed by atoms with Crippen LogP contribution in [-0.4, -0.2) is 6.54 Å². The normalized spacial score (nSPS) is 18.1. The highest BCUT2D eigenvalue weighted by Crippen LogP contribution is 2.31. The maximum Gasteiger partial charge on any atom is 0.118 e. The second-order valence-corrected chi connectivity index (χ2v) is 5.82. The highest BCUT2D eigenvalue weighted by Gasteiger charge is 2.22. The van der Waals surface area contributed by atoms with E-state index in [2.05, 4.69) is 42.2 Å². The van der Waals surface area contributed by atoms with Gasteiger partial charge in [0, 0.05) is 24.3 Å². The minimum absolute atomic E-state index is 0.466. The van der Waals surface area contributed by atoms with E-state index in [1.807, 2.05) is 6.92 Å². The zero-order chi connectivity index (χ0) is 14.1. The number of furan rings is 1. The van der Waals surface area contributed by atoms with Crippen LogP contribution in [0.4, 0.5) is 5.69 Å². The van der Waals surface area contributed by atoms with Crippen LogP contribution in [0.5, 0.6) is 0 Å². The number of para-hydroxylation sites is 1. The van der Waals surface area contributed by atoms with Gasteiger partial charge in [-0.1, -0.05) is 25.1 Å². The van der Waals surface area contributed by atoms with E-state index in [0.29, 0.717) is 12.5 Å². The third-order valence-corrected chi connectivity index (χ3v) is 4.07. The lowest BCUT2D eigenvalue weighted by Gasteiger charge is -2.34. The van der Waals surface area contributed by atoms with Gasteiger partial charge in [-0.25, -0.2) is 0 Å². The fourth-order valence-corrected chi connectivity index (χ4v) is 3.11. The SMILES string of the molecule is Cc1oc(CN)cc1CN1CC(C)Cc2ccccc21. The van der Waals surface area contributed by atoms with Gasteiger partial charge in [0.05, 0.1) is 6.54 Å². The molecule has 3 rings (SSSR count). The van der Waals surface area contributed by atoms with Gasteiger partial charge >= 0.3 is 0 Å². The molecule has 1 aromatic carbocycles. The van der Waals surface area contributed by atoms with Crippen molar-refractivity contribution < 1.29 is 4.42 Å². The molecule has 0 amide bonds. The Morgan fingerprint density at radius 2 is 2.15 bits per heavy atom. The van der Waals surface area contributed by atoms with E-state index in [4.69, 9.17) is 10.2 Å². The number of anilines is 1. The molecule has 0 bridgehead atoms. The third kappa shape index (κ3) is 2.46. The molecular weight excluding hydrogens is 248 g/mol. The molecule has 2 N–H and O–H groups in total. The van der Waals surface area contributed by atoms with Gasteiger partial charge in [0.25, 0.3) is 0 Å². The van der Waals surface area contributed by atoms with Gasteiger partial charge in [-0.05, 0) is 37.0 Å². The average Bonchev–Trinajstić information content (AvgIpc) is 2.79. The van der Waals surface area contributed by atoms with Crippen LogP contribution in [0.15, 0.2) is 34.7 Å². The van der Waals surface area contributed by atoms with Crippen LogP contribution in [0.25, 0.3) is 0 Å². The fraction of sp³-hybridized carbons (Fsp3) is 0.412. The molecular formula is C17H22N2O. The van der Waals surface area contributed by atoms with E-state index >= 15 is 0 Å². The smallest absolute Gasteiger partial charge is 0.118 e. The standard InChI is InChI=1S/C17H22N2O/c1-12-7-14-5-3-4-6-17(14)19(10-12)11-15-8-16(9-18)20-13(15)2/h3-6,8,12H,7,9-11,18H2,1-2H3. The van der Waals surface area contributed by atoms with Crippen molar-refractivity contribution in [1.82, 2.24) is 0 Å². The summed E-state index contributed by atoms with van der Waals surface area (Å²) >= 11 is 0. The molecule has 1 aliphatic heterocycles. The number of nitrogens with two attached hydrogens (primary N) is 1. The lowest BCUT2D eigenvalue weighted by Crippen LogP contribution is -2.33. The van der Waals surface area contributed by atoms with Gasteiger partial charge in [0.15, 0.2) is 0 Å². The summed E-state index contributed by atoms with van der Waals surface area (Å²) in [4.78, 5) is 2.46. The largest absolute Gasteiger partial charge is 0.465 e. The van der Waals surface area contributed by atoms with Crippen LogP contribution < -0.4 is 10.6 Å². The summed E-state index contributed by atoms with van der Waals surface area (Å²) in [6.45, 7) is 6.80. The van der Waals surface area contributed by atoms with Crippen molar-refractivity contribution in [1.29, 1.82) is 0 Å². The van der Waals surface area contributed by atoms with Gasteiger partial charge < -0.3 is 15.1 Å². The maximum atomic E-state index is 5.67. The number of hydrogen-bond donors (Lipinski definition) is 1. The van der Waals surface area contributed by atoms with E-state index in [-0.39, 0.29) is 0 Å². The van der Waals surface area contributed by atoms with Crippen LogP contribution in [0.1, 0.15) is 29.6 Å². The first kappa shape index (κ1) is 13.3. The molecule has 2 heterocycles. The van der Waals surface area contributed by atoms with Crippen LogP contribution in [-0.2, 0) is 19.5 Å². The number of hydrogen-bond acceptors (Lipinski definition) is 3. The molecule has 0 saturated heterocycles. The summed E-state index contributed by atoms with van der Waals surface area (Å²) in [6.07, 6.45) is 1.17. The molecule has 106 valence electrons. The maximum absolute atomic E-state index is 5.67. The van der Waals surface area contributed by atoms with Crippen LogP contribution in [0.3, 0.4) is 0 Å². The summed E-state index contributed by atoms with van der Waals surface area (Å²) in [5, 5.41) is 0.